The molecule has 0 spiro atoms. The Morgan fingerprint density at radius 2 is 1.37 bits per heavy atom. The summed E-state index contributed by atoms with van der Waals surface area (Å²) in [6.07, 6.45) is -3.41. The lowest BCUT2D eigenvalue weighted by Gasteiger charge is -2.14. The summed E-state index contributed by atoms with van der Waals surface area (Å²) in [4.78, 5) is 0. The van der Waals surface area contributed by atoms with Crippen molar-refractivity contribution >= 4 is 17.6 Å². The summed E-state index contributed by atoms with van der Waals surface area (Å²) in [7, 11) is 0. The van der Waals surface area contributed by atoms with Crippen molar-refractivity contribution in [3.05, 3.63) is 60.2 Å². The number of hydrogen-bond donors (Lipinski definition) is 0. The molecule has 0 N–H and O–H groups in total. The first kappa shape index (κ1) is 13.7. The van der Waals surface area contributed by atoms with Crippen molar-refractivity contribution in [2.45, 2.75) is 19.4 Å². The molecule has 2 aromatic carbocycles. The van der Waals surface area contributed by atoms with E-state index in [4.69, 9.17) is 0 Å². The fourth-order valence-corrected chi connectivity index (χ4v) is 2.25. The number of benzene rings is 2. The molecule has 0 radical (unpaired) electrons. The van der Waals surface area contributed by atoms with Gasteiger partial charge in [0.25, 0.3) is 0 Å². The molecule has 0 atom stereocenters. The van der Waals surface area contributed by atoms with E-state index in [1.54, 1.807) is 12.1 Å². The van der Waals surface area contributed by atoms with E-state index in [0.29, 0.717) is 0 Å². The van der Waals surface area contributed by atoms with Crippen LogP contribution in [0.4, 0.5) is 13.2 Å². The molecule has 0 aliphatic heterocycles. The summed E-state index contributed by atoms with van der Waals surface area (Å²) in [5, 5.41) is 0. The van der Waals surface area contributed by atoms with Crippen LogP contribution in [0.5, 0.6) is 0 Å². The molecule has 0 unspecified atom stereocenters. The lowest BCUT2D eigenvalue weighted by Crippen LogP contribution is -2.41. The van der Waals surface area contributed by atoms with Gasteiger partial charge in [0.15, 0.2) is 0 Å². The van der Waals surface area contributed by atoms with Crippen LogP contribution in [0, 0.1) is 0 Å². The van der Waals surface area contributed by atoms with E-state index < -0.39 is 11.7 Å². The van der Waals surface area contributed by atoms with Gasteiger partial charge in [-0.2, -0.15) is 13.2 Å². The van der Waals surface area contributed by atoms with Crippen LogP contribution < -0.4 is 10.9 Å². The van der Waals surface area contributed by atoms with Gasteiger partial charge in [0.05, 0.1) is 5.56 Å². The Labute approximate surface area is 111 Å². The van der Waals surface area contributed by atoms with Crippen LogP contribution in [0.2, 0.25) is 6.32 Å². The number of rotatable bonds is 3. The highest BCUT2D eigenvalue weighted by molar-refractivity contribution is 6.85. The smallest absolute Gasteiger partial charge is 0.166 e. The summed E-state index contributed by atoms with van der Waals surface area (Å²) in [5.41, 5.74) is 1.45. The minimum absolute atomic E-state index is 0.142. The fourth-order valence-electron chi connectivity index (χ4n) is 2.25. The summed E-state index contributed by atoms with van der Waals surface area (Å²) in [5.74, 6) is 0. The van der Waals surface area contributed by atoms with Crippen molar-refractivity contribution in [1.82, 2.24) is 0 Å². The molecule has 0 saturated carbocycles. The van der Waals surface area contributed by atoms with Gasteiger partial charge < -0.3 is 0 Å². The van der Waals surface area contributed by atoms with Gasteiger partial charge in [0, 0.05) is 0 Å². The Morgan fingerprint density at radius 3 is 1.84 bits per heavy atom. The van der Waals surface area contributed by atoms with Crippen molar-refractivity contribution in [2.24, 2.45) is 0 Å². The molecule has 2 rings (SSSR count). The Morgan fingerprint density at radius 1 is 0.842 bits per heavy atom. The van der Waals surface area contributed by atoms with E-state index in [9.17, 15) is 13.2 Å². The third kappa shape index (κ3) is 3.19. The van der Waals surface area contributed by atoms with Crippen LogP contribution in [-0.4, -0.2) is 6.71 Å². The van der Waals surface area contributed by atoms with Crippen molar-refractivity contribution in [3.8, 4) is 0 Å². The lowest BCUT2D eigenvalue weighted by molar-refractivity contribution is -0.137. The second-order valence-corrected chi connectivity index (χ2v) is 4.49. The number of halogens is 3. The van der Waals surface area contributed by atoms with Gasteiger partial charge in [0.2, 0.25) is 6.71 Å². The van der Waals surface area contributed by atoms with Crippen molar-refractivity contribution in [1.29, 1.82) is 0 Å². The van der Waals surface area contributed by atoms with Crippen LogP contribution in [0.15, 0.2) is 54.6 Å². The molecule has 0 amide bonds. The van der Waals surface area contributed by atoms with Gasteiger partial charge in [-0.05, 0) is 0 Å². The van der Waals surface area contributed by atoms with Crippen LogP contribution in [0.1, 0.15) is 12.5 Å². The number of alkyl halides is 3. The summed E-state index contributed by atoms with van der Waals surface area (Å²) in [6, 6.07) is 15.3. The number of hydrogen-bond acceptors (Lipinski definition) is 0. The molecule has 19 heavy (non-hydrogen) atoms. The van der Waals surface area contributed by atoms with Crippen molar-refractivity contribution in [3.63, 3.8) is 0 Å². The summed E-state index contributed by atoms with van der Waals surface area (Å²) < 4.78 is 37.6. The maximum Gasteiger partial charge on any atom is 0.416 e. The van der Waals surface area contributed by atoms with E-state index in [1.165, 1.54) is 0 Å². The minimum atomic E-state index is -4.27. The monoisotopic (exact) mass is 262 g/mol. The van der Waals surface area contributed by atoms with Gasteiger partial charge in [-0.3, -0.25) is 0 Å². The molecule has 2 aromatic rings. The first-order valence-electron chi connectivity index (χ1n) is 6.24. The third-order valence-electron chi connectivity index (χ3n) is 3.25. The molecule has 0 aliphatic carbocycles. The van der Waals surface area contributed by atoms with E-state index in [0.717, 1.165) is 29.4 Å². The van der Waals surface area contributed by atoms with Gasteiger partial charge in [0.1, 0.15) is 0 Å². The van der Waals surface area contributed by atoms with Crippen molar-refractivity contribution < 1.29 is 13.2 Å². The van der Waals surface area contributed by atoms with E-state index in [1.807, 2.05) is 37.3 Å². The van der Waals surface area contributed by atoms with Gasteiger partial charge in [-0.15, -0.1) is 0 Å². The molecular weight excluding hydrogens is 248 g/mol. The zero-order valence-corrected chi connectivity index (χ0v) is 10.6. The highest BCUT2D eigenvalue weighted by Gasteiger charge is 2.30. The maximum atomic E-state index is 12.5. The zero-order chi connectivity index (χ0) is 13.9. The fraction of sp³-hybridized carbons (Fsp3) is 0.200. The first-order chi connectivity index (χ1) is 9.02. The second-order valence-electron chi connectivity index (χ2n) is 4.49. The topological polar surface area (TPSA) is 0 Å². The van der Waals surface area contributed by atoms with E-state index in [-0.39, 0.29) is 6.71 Å². The van der Waals surface area contributed by atoms with E-state index in [2.05, 4.69) is 0 Å². The summed E-state index contributed by atoms with van der Waals surface area (Å²) in [6.45, 7) is 2.18. The summed E-state index contributed by atoms with van der Waals surface area (Å²) >= 11 is 0. The standard InChI is InChI=1S/C15H14BF3/c1-2-16(13-6-4-3-5-7-13)14-10-8-12(9-11-14)15(17,18)19/h3-11H,2H2,1H3. The molecule has 0 heterocycles. The highest BCUT2D eigenvalue weighted by Crippen LogP contribution is 2.28. The minimum Gasteiger partial charge on any atom is -0.166 e. The molecule has 4 heteroatoms. The quantitative estimate of drug-likeness (QED) is 0.744. The Kier molecular flexibility index (Phi) is 3.98. The normalized spacial score (nSPS) is 11.4. The molecule has 98 valence electrons. The SMILES string of the molecule is CCB(c1ccccc1)c1ccc(C(F)(F)F)cc1. The second kappa shape index (κ2) is 5.51. The van der Waals surface area contributed by atoms with Gasteiger partial charge >= 0.3 is 6.18 Å². The van der Waals surface area contributed by atoms with Crippen LogP contribution in [0.3, 0.4) is 0 Å². The maximum absolute atomic E-state index is 12.5. The Balaban J connectivity index is 2.30. The molecule has 0 saturated heterocycles. The molecule has 0 aromatic heterocycles. The average molecular weight is 262 g/mol. The first-order valence-corrected chi connectivity index (χ1v) is 6.24. The van der Waals surface area contributed by atoms with E-state index >= 15 is 0 Å². The highest BCUT2D eigenvalue weighted by atomic mass is 19.4. The van der Waals surface area contributed by atoms with Gasteiger partial charge in [-0.1, -0.05) is 78.8 Å². The lowest BCUT2D eigenvalue weighted by atomic mass is 9.39. The van der Waals surface area contributed by atoms with Crippen LogP contribution >= 0.6 is 0 Å². The predicted octanol–water partition coefficient (Wildman–Crippen LogP) is 3.33. The Bertz CT molecular complexity index is 517. The molecule has 0 bridgehead atoms. The predicted molar refractivity (Wildman–Crippen MR) is 73.4 cm³/mol. The zero-order valence-electron chi connectivity index (χ0n) is 10.6. The average Bonchev–Trinajstić information content (AvgIpc) is 2.40. The molecular formula is C15H14BF3. The molecule has 0 nitrogen and oxygen atoms in total. The van der Waals surface area contributed by atoms with Crippen molar-refractivity contribution in [2.75, 3.05) is 0 Å². The largest absolute Gasteiger partial charge is 0.416 e. The van der Waals surface area contributed by atoms with Crippen LogP contribution in [0.25, 0.3) is 0 Å². The molecule has 0 fully saturated rings. The third-order valence-corrected chi connectivity index (χ3v) is 3.25. The van der Waals surface area contributed by atoms with Gasteiger partial charge in [-0.25, -0.2) is 0 Å². The van der Waals surface area contributed by atoms with Crippen LogP contribution in [-0.2, 0) is 6.18 Å². The Hall–Kier alpha value is -1.71. The molecule has 0 aliphatic rings.